The highest BCUT2D eigenvalue weighted by Gasteiger charge is 2.16. The van der Waals surface area contributed by atoms with Crippen molar-refractivity contribution in [2.75, 3.05) is 39.3 Å². The highest BCUT2D eigenvalue weighted by atomic mass is 16.2. The van der Waals surface area contributed by atoms with Crippen LogP contribution in [0.3, 0.4) is 0 Å². The number of carbonyl (C=O) groups excluding carboxylic acids is 2. The third-order valence-corrected chi connectivity index (χ3v) is 3.28. The molecule has 1 fully saturated rings. The molecule has 1 aromatic carbocycles. The van der Waals surface area contributed by atoms with Gasteiger partial charge in [-0.2, -0.15) is 0 Å². The van der Waals surface area contributed by atoms with Crippen LogP contribution in [0.15, 0.2) is 24.3 Å². The zero-order valence-corrected chi connectivity index (χ0v) is 11.4. The molecule has 2 rings (SSSR count). The second-order valence-corrected chi connectivity index (χ2v) is 4.74. The van der Waals surface area contributed by atoms with Gasteiger partial charge in [0.1, 0.15) is 0 Å². The van der Waals surface area contributed by atoms with Crippen molar-refractivity contribution in [2.45, 2.75) is 0 Å². The number of amides is 2. The Bertz CT molecular complexity index is 480. The zero-order chi connectivity index (χ0) is 14.4. The first kappa shape index (κ1) is 14.5. The van der Waals surface area contributed by atoms with Crippen LogP contribution in [0.1, 0.15) is 20.7 Å². The van der Waals surface area contributed by atoms with E-state index in [-0.39, 0.29) is 5.91 Å². The summed E-state index contributed by atoms with van der Waals surface area (Å²) >= 11 is 0. The molecule has 1 aromatic rings. The molecule has 108 valence electrons. The molecule has 6 nitrogen and oxygen atoms in total. The Kier molecular flexibility index (Phi) is 5.09. The first-order valence-electron chi connectivity index (χ1n) is 6.79. The third kappa shape index (κ3) is 3.79. The molecule has 4 N–H and O–H groups in total. The van der Waals surface area contributed by atoms with Gasteiger partial charge in [-0.15, -0.1) is 0 Å². The molecule has 6 heteroatoms. The fourth-order valence-corrected chi connectivity index (χ4v) is 2.16. The average Bonchev–Trinajstić information content (AvgIpc) is 2.60. The van der Waals surface area contributed by atoms with Gasteiger partial charge in [-0.3, -0.25) is 9.59 Å². The molecule has 0 aromatic heterocycles. The number of primary amides is 1. The predicted molar refractivity (Wildman–Crippen MR) is 76.6 cm³/mol. The quantitative estimate of drug-likeness (QED) is 0.674. The van der Waals surface area contributed by atoms with Crippen molar-refractivity contribution in [1.82, 2.24) is 15.5 Å². The summed E-state index contributed by atoms with van der Waals surface area (Å²) in [6.45, 7) is 4.65. The van der Waals surface area contributed by atoms with Gasteiger partial charge in [-0.1, -0.05) is 6.07 Å². The van der Waals surface area contributed by atoms with Crippen LogP contribution in [-0.4, -0.2) is 56.0 Å². The molecule has 1 heterocycles. The van der Waals surface area contributed by atoms with E-state index >= 15 is 0 Å². The van der Waals surface area contributed by atoms with Crippen LogP contribution in [0.4, 0.5) is 0 Å². The van der Waals surface area contributed by atoms with Gasteiger partial charge in [0.05, 0.1) is 0 Å². The summed E-state index contributed by atoms with van der Waals surface area (Å²) in [4.78, 5) is 25.4. The Hall–Kier alpha value is -1.92. The Labute approximate surface area is 118 Å². The molecule has 1 aliphatic heterocycles. The molecule has 2 amide bonds. The standard InChI is InChI=1S/C14H20N4O2/c15-13(19)11-2-1-3-12(10-11)14(20)18-8-6-16-4-5-17-7-9-18/h1-3,10,16-17H,4-9H2,(H2,15,19). The minimum Gasteiger partial charge on any atom is -0.366 e. The number of rotatable bonds is 2. The molecule has 0 spiro atoms. The summed E-state index contributed by atoms with van der Waals surface area (Å²) < 4.78 is 0. The molecule has 20 heavy (non-hydrogen) atoms. The monoisotopic (exact) mass is 276 g/mol. The summed E-state index contributed by atoms with van der Waals surface area (Å²) in [5.74, 6) is -0.592. The number of hydrogen-bond donors (Lipinski definition) is 3. The van der Waals surface area contributed by atoms with Gasteiger partial charge in [0, 0.05) is 50.4 Å². The van der Waals surface area contributed by atoms with Crippen molar-refractivity contribution in [2.24, 2.45) is 5.73 Å². The van der Waals surface area contributed by atoms with Crippen LogP contribution in [0.5, 0.6) is 0 Å². The zero-order valence-electron chi connectivity index (χ0n) is 11.4. The second kappa shape index (κ2) is 7.02. The Morgan fingerprint density at radius 3 is 2.20 bits per heavy atom. The maximum Gasteiger partial charge on any atom is 0.253 e. The van der Waals surface area contributed by atoms with Crippen molar-refractivity contribution >= 4 is 11.8 Å². The van der Waals surface area contributed by atoms with Crippen LogP contribution in [0.2, 0.25) is 0 Å². The fourth-order valence-electron chi connectivity index (χ4n) is 2.16. The number of nitrogens with two attached hydrogens (primary N) is 1. The first-order chi connectivity index (χ1) is 9.68. The molecular formula is C14H20N4O2. The molecule has 0 radical (unpaired) electrons. The summed E-state index contributed by atoms with van der Waals surface area (Å²) in [6.07, 6.45) is 0. The van der Waals surface area contributed by atoms with E-state index in [0.717, 1.165) is 26.2 Å². The topological polar surface area (TPSA) is 87.5 Å². The number of benzene rings is 1. The number of carbonyl (C=O) groups is 2. The normalized spacial score (nSPS) is 16.9. The largest absolute Gasteiger partial charge is 0.366 e. The maximum absolute atomic E-state index is 12.5. The molecule has 1 aliphatic rings. The maximum atomic E-state index is 12.5. The first-order valence-corrected chi connectivity index (χ1v) is 6.79. The summed E-state index contributed by atoms with van der Waals surface area (Å²) in [7, 11) is 0. The molecule has 0 bridgehead atoms. The SMILES string of the molecule is NC(=O)c1cccc(C(=O)N2CCNCCNCC2)c1. The minimum absolute atomic E-state index is 0.0707. The van der Waals surface area contributed by atoms with Gasteiger partial charge in [0.15, 0.2) is 0 Å². The Morgan fingerprint density at radius 2 is 1.60 bits per heavy atom. The lowest BCUT2D eigenvalue weighted by molar-refractivity contribution is 0.0761. The lowest BCUT2D eigenvalue weighted by Crippen LogP contribution is -2.38. The lowest BCUT2D eigenvalue weighted by Gasteiger charge is -2.22. The van der Waals surface area contributed by atoms with Gasteiger partial charge in [0.2, 0.25) is 5.91 Å². The molecule has 1 saturated heterocycles. The summed E-state index contributed by atoms with van der Waals surface area (Å²) in [5.41, 5.74) is 6.10. The molecule has 0 atom stereocenters. The summed E-state index contributed by atoms with van der Waals surface area (Å²) in [5, 5.41) is 6.53. The fraction of sp³-hybridized carbons (Fsp3) is 0.429. The van der Waals surface area contributed by atoms with E-state index < -0.39 is 5.91 Å². The van der Waals surface area contributed by atoms with E-state index in [1.807, 2.05) is 0 Å². The smallest absolute Gasteiger partial charge is 0.253 e. The van der Waals surface area contributed by atoms with E-state index in [1.54, 1.807) is 29.2 Å². The van der Waals surface area contributed by atoms with E-state index in [9.17, 15) is 9.59 Å². The Balaban J connectivity index is 2.11. The van der Waals surface area contributed by atoms with E-state index in [1.165, 1.54) is 0 Å². The van der Waals surface area contributed by atoms with E-state index in [2.05, 4.69) is 10.6 Å². The van der Waals surface area contributed by atoms with Gasteiger partial charge in [-0.25, -0.2) is 0 Å². The second-order valence-electron chi connectivity index (χ2n) is 4.74. The van der Waals surface area contributed by atoms with Crippen LogP contribution < -0.4 is 16.4 Å². The van der Waals surface area contributed by atoms with Crippen LogP contribution in [-0.2, 0) is 0 Å². The number of nitrogens with zero attached hydrogens (tertiary/aromatic N) is 1. The molecule has 0 unspecified atom stereocenters. The number of nitrogens with one attached hydrogen (secondary N) is 2. The van der Waals surface area contributed by atoms with Gasteiger partial charge >= 0.3 is 0 Å². The van der Waals surface area contributed by atoms with E-state index in [0.29, 0.717) is 24.2 Å². The van der Waals surface area contributed by atoms with Crippen LogP contribution >= 0.6 is 0 Å². The van der Waals surface area contributed by atoms with Crippen LogP contribution in [0.25, 0.3) is 0 Å². The van der Waals surface area contributed by atoms with Gasteiger partial charge in [-0.05, 0) is 18.2 Å². The van der Waals surface area contributed by atoms with Gasteiger partial charge in [0.25, 0.3) is 5.91 Å². The molecular weight excluding hydrogens is 256 g/mol. The highest BCUT2D eigenvalue weighted by Crippen LogP contribution is 2.08. The predicted octanol–water partition coefficient (Wildman–Crippen LogP) is -0.579. The van der Waals surface area contributed by atoms with E-state index in [4.69, 9.17) is 5.73 Å². The average molecular weight is 276 g/mol. The molecule has 0 aliphatic carbocycles. The van der Waals surface area contributed by atoms with Crippen molar-refractivity contribution in [1.29, 1.82) is 0 Å². The van der Waals surface area contributed by atoms with Gasteiger partial charge < -0.3 is 21.3 Å². The van der Waals surface area contributed by atoms with Crippen molar-refractivity contribution < 1.29 is 9.59 Å². The third-order valence-electron chi connectivity index (χ3n) is 3.28. The highest BCUT2D eigenvalue weighted by molar-refractivity contribution is 5.99. The summed E-state index contributed by atoms with van der Waals surface area (Å²) in [6, 6.07) is 6.56. The lowest BCUT2D eigenvalue weighted by atomic mass is 10.1. The minimum atomic E-state index is -0.521. The van der Waals surface area contributed by atoms with Crippen molar-refractivity contribution in [3.63, 3.8) is 0 Å². The number of hydrogen-bond acceptors (Lipinski definition) is 4. The van der Waals surface area contributed by atoms with Crippen LogP contribution in [0, 0.1) is 0 Å². The molecule has 0 saturated carbocycles. The Morgan fingerprint density at radius 1 is 1.00 bits per heavy atom. The van der Waals surface area contributed by atoms with Crippen molar-refractivity contribution in [3.8, 4) is 0 Å². The van der Waals surface area contributed by atoms with Crippen molar-refractivity contribution in [3.05, 3.63) is 35.4 Å².